The normalized spacial score (nSPS) is 20.9. The summed E-state index contributed by atoms with van der Waals surface area (Å²) in [6.45, 7) is 7.54. The van der Waals surface area contributed by atoms with Crippen molar-refractivity contribution in [3.8, 4) is 5.75 Å². The number of piperidine rings is 1. The Kier molecular flexibility index (Phi) is 5.55. The molecule has 6 nitrogen and oxygen atoms in total. The van der Waals surface area contributed by atoms with Gasteiger partial charge in [-0.1, -0.05) is 0 Å². The second kappa shape index (κ2) is 7.29. The van der Waals surface area contributed by atoms with Crippen LogP contribution in [0.25, 0.3) is 0 Å². The van der Waals surface area contributed by atoms with Crippen LogP contribution in [0, 0.1) is 11.7 Å². The minimum atomic E-state index is -0.605. The van der Waals surface area contributed by atoms with Crippen molar-refractivity contribution in [1.29, 1.82) is 0 Å². The van der Waals surface area contributed by atoms with E-state index in [1.807, 2.05) is 6.92 Å². The summed E-state index contributed by atoms with van der Waals surface area (Å²) in [7, 11) is 0. The number of likely N-dealkylation sites (tertiary alicyclic amines) is 1. The molecule has 1 aliphatic rings. The Morgan fingerprint density at radius 2 is 2.00 bits per heavy atom. The van der Waals surface area contributed by atoms with Gasteiger partial charge in [0.2, 0.25) is 5.91 Å². The molecule has 1 aliphatic heterocycles. The molecule has 2 atom stereocenters. The number of nitrogens with one attached hydrogen (secondary N) is 1. The average molecular weight is 352 g/mol. The maximum atomic E-state index is 13.0. The van der Waals surface area contributed by atoms with Crippen molar-refractivity contribution in [2.45, 2.75) is 52.2 Å². The standard InChI is InChI=1S/C18H25FN2O4/c1-11-5-6-12(10-21(11)17(24)25-18(2,3)4)16(23)20-14-8-7-13(19)9-15(14)22/h7-9,11-12,22H,5-6,10H2,1-4H3,(H,20,23)/t11-,12-/m1/s1. The van der Waals surface area contributed by atoms with E-state index in [1.165, 1.54) is 6.07 Å². The topological polar surface area (TPSA) is 78.9 Å². The van der Waals surface area contributed by atoms with Gasteiger partial charge in [-0.3, -0.25) is 4.79 Å². The molecule has 1 heterocycles. The van der Waals surface area contributed by atoms with Gasteiger partial charge in [-0.05, 0) is 52.7 Å². The Morgan fingerprint density at radius 1 is 1.32 bits per heavy atom. The maximum absolute atomic E-state index is 13.0. The number of hydrogen-bond acceptors (Lipinski definition) is 4. The van der Waals surface area contributed by atoms with Crippen LogP contribution in [0.4, 0.5) is 14.9 Å². The lowest BCUT2D eigenvalue weighted by atomic mass is 9.93. The summed E-state index contributed by atoms with van der Waals surface area (Å²) < 4.78 is 18.4. The van der Waals surface area contributed by atoms with E-state index < -0.39 is 23.4 Å². The molecule has 2 amide bonds. The molecule has 25 heavy (non-hydrogen) atoms. The van der Waals surface area contributed by atoms with Crippen molar-refractivity contribution in [2.75, 3.05) is 11.9 Å². The highest BCUT2D eigenvalue weighted by Gasteiger charge is 2.35. The van der Waals surface area contributed by atoms with Gasteiger partial charge < -0.3 is 20.1 Å². The Bertz CT molecular complexity index is 657. The molecule has 0 aromatic heterocycles. The Labute approximate surface area is 147 Å². The Morgan fingerprint density at radius 3 is 2.60 bits per heavy atom. The summed E-state index contributed by atoms with van der Waals surface area (Å²) in [6, 6.07) is 3.38. The zero-order valence-corrected chi connectivity index (χ0v) is 15.0. The van der Waals surface area contributed by atoms with Crippen molar-refractivity contribution in [1.82, 2.24) is 4.90 Å². The number of hydrogen-bond donors (Lipinski definition) is 2. The number of rotatable bonds is 2. The molecule has 1 aromatic rings. The second-order valence-electron chi connectivity index (χ2n) is 7.41. The molecule has 7 heteroatoms. The van der Waals surface area contributed by atoms with Gasteiger partial charge in [0, 0.05) is 18.7 Å². The SMILES string of the molecule is C[C@@H]1CC[C@@H](C(=O)Nc2ccc(F)cc2O)CN1C(=O)OC(C)(C)C. The van der Waals surface area contributed by atoms with Gasteiger partial charge in [0.1, 0.15) is 17.2 Å². The van der Waals surface area contributed by atoms with Crippen molar-refractivity contribution < 1.29 is 23.8 Å². The third kappa shape index (κ3) is 5.08. The molecule has 0 saturated carbocycles. The van der Waals surface area contributed by atoms with E-state index in [-0.39, 0.29) is 29.9 Å². The van der Waals surface area contributed by atoms with E-state index in [2.05, 4.69) is 5.32 Å². The predicted molar refractivity (Wildman–Crippen MR) is 91.8 cm³/mol. The lowest BCUT2D eigenvalue weighted by Gasteiger charge is -2.38. The molecule has 138 valence electrons. The number of amides is 2. The number of carbonyl (C=O) groups is 2. The van der Waals surface area contributed by atoms with E-state index in [0.717, 1.165) is 12.1 Å². The molecule has 0 radical (unpaired) electrons. The Balaban J connectivity index is 2.04. The van der Waals surface area contributed by atoms with Gasteiger partial charge in [0.05, 0.1) is 11.6 Å². The van der Waals surface area contributed by atoms with Crippen LogP contribution >= 0.6 is 0 Å². The molecule has 0 bridgehead atoms. The lowest BCUT2D eigenvalue weighted by Crippen LogP contribution is -2.49. The summed E-state index contributed by atoms with van der Waals surface area (Å²) in [4.78, 5) is 26.4. The largest absolute Gasteiger partial charge is 0.506 e. The highest BCUT2D eigenvalue weighted by Crippen LogP contribution is 2.28. The summed E-state index contributed by atoms with van der Waals surface area (Å²) in [6.07, 6.45) is 0.850. The van der Waals surface area contributed by atoms with Gasteiger partial charge in [-0.25, -0.2) is 9.18 Å². The number of benzene rings is 1. The van der Waals surface area contributed by atoms with Crippen LogP contribution in [0.15, 0.2) is 18.2 Å². The average Bonchev–Trinajstić information content (AvgIpc) is 2.48. The molecule has 0 unspecified atom stereocenters. The quantitative estimate of drug-likeness (QED) is 0.799. The third-order valence-electron chi connectivity index (χ3n) is 4.10. The highest BCUT2D eigenvalue weighted by atomic mass is 19.1. The second-order valence-corrected chi connectivity index (χ2v) is 7.41. The van der Waals surface area contributed by atoms with Crippen LogP contribution in [-0.4, -0.2) is 40.2 Å². The first-order valence-corrected chi connectivity index (χ1v) is 8.36. The zero-order chi connectivity index (χ0) is 18.8. The van der Waals surface area contributed by atoms with Crippen LogP contribution in [-0.2, 0) is 9.53 Å². The number of carbonyl (C=O) groups excluding carboxylic acids is 2. The van der Waals surface area contributed by atoms with Gasteiger partial charge in [-0.2, -0.15) is 0 Å². The van der Waals surface area contributed by atoms with Crippen LogP contribution in [0.1, 0.15) is 40.5 Å². The van der Waals surface area contributed by atoms with Crippen LogP contribution in [0.2, 0.25) is 0 Å². The number of ether oxygens (including phenoxy) is 1. The minimum Gasteiger partial charge on any atom is -0.506 e. The molecular formula is C18H25FN2O4. The lowest BCUT2D eigenvalue weighted by molar-refractivity contribution is -0.121. The van der Waals surface area contributed by atoms with E-state index in [9.17, 15) is 19.1 Å². The first-order valence-electron chi connectivity index (χ1n) is 8.36. The summed E-state index contributed by atoms with van der Waals surface area (Å²) >= 11 is 0. The minimum absolute atomic E-state index is 0.0156. The number of aromatic hydroxyl groups is 1. The van der Waals surface area contributed by atoms with Crippen LogP contribution in [0.3, 0.4) is 0 Å². The van der Waals surface area contributed by atoms with Crippen LogP contribution < -0.4 is 5.32 Å². The number of halogens is 1. The molecule has 2 rings (SSSR count). The fourth-order valence-corrected chi connectivity index (χ4v) is 2.74. The van der Waals surface area contributed by atoms with Crippen molar-refractivity contribution in [3.63, 3.8) is 0 Å². The highest BCUT2D eigenvalue weighted by molar-refractivity contribution is 5.94. The van der Waals surface area contributed by atoms with Crippen LogP contribution in [0.5, 0.6) is 5.75 Å². The fourth-order valence-electron chi connectivity index (χ4n) is 2.74. The number of anilines is 1. The van der Waals surface area contributed by atoms with Gasteiger partial charge in [0.25, 0.3) is 0 Å². The monoisotopic (exact) mass is 352 g/mol. The summed E-state index contributed by atoms with van der Waals surface area (Å²) in [5, 5.41) is 12.3. The molecular weight excluding hydrogens is 327 g/mol. The number of phenols is 1. The molecule has 0 spiro atoms. The molecule has 1 saturated heterocycles. The third-order valence-corrected chi connectivity index (χ3v) is 4.10. The summed E-state index contributed by atoms with van der Waals surface area (Å²) in [5.74, 6) is -1.66. The maximum Gasteiger partial charge on any atom is 0.410 e. The van der Waals surface area contributed by atoms with E-state index >= 15 is 0 Å². The first kappa shape index (κ1) is 19.0. The van der Waals surface area contributed by atoms with Crippen molar-refractivity contribution >= 4 is 17.7 Å². The van der Waals surface area contributed by atoms with Crippen molar-refractivity contribution in [2.24, 2.45) is 5.92 Å². The molecule has 2 N–H and O–H groups in total. The van der Waals surface area contributed by atoms with E-state index in [0.29, 0.717) is 12.8 Å². The Hall–Kier alpha value is -2.31. The predicted octanol–water partition coefficient (Wildman–Crippen LogP) is 3.51. The van der Waals surface area contributed by atoms with Gasteiger partial charge >= 0.3 is 6.09 Å². The molecule has 1 fully saturated rings. The number of nitrogens with zero attached hydrogens (tertiary/aromatic N) is 1. The van der Waals surface area contributed by atoms with Gasteiger partial charge in [-0.15, -0.1) is 0 Å². The van der Waals surface area contributed by atoms with Crippen molar-refractivity contribution in [3.05, 3.63) is 24.0 Å². The zero-order valence-electron chi connectivity index (χ0n) is 15.0. The summed E-state index contributed by atoms with van der Waals surface area (Å²) in [5.41, 5.74) is -0.458. The smallest absolute Gasteiger partial charge is 0.410 e. The van der Waals surface area contributed by atoms with Gasteiger partial charge in [0.15, 0.2) is 0 Å². The number of phenolic OH excluding ortho intramolecular Hbond substituents is 1. The van der Waals surface area contributed by atoms with E-state index in [4.69, 9.17) is 4.74 Å². The molecule has 1 aromatic carbocycles. The first-order chi connectivity index (χ1) is 11.6. The van der Waals surface area contributed by atoms with E-state index in [1.54, 1.807) is 25.7 Å². The molecule has 0 aliphatic carbocycles. The fraction of sp³-hybridized carbons (Fsp3) is 0.556.